The van der Waals surface area contributed by atoms with Gasteiger partial charge >= 0.3 is 0 Å². The van der Waals surface area contributed by atoms with Crippen LogP contribution in [0.1, 0.15) is 5.56 Å². The Labute approximate surface area is 119 Å². The van der Waals surface area contributed by atoms with Gasteiger partial charge in [-0.3, -0.25) is 0 Å². The molecular formula is C13H10BrCl2N. The molecule has 88 valence electrons. The fourth-order valence-corrected chi connectivity index (χ4v) is 2.37. The third kappa shape index (κ3) is 3.38. The van der Waals surface area contributed by atoms with Crippen molar-refractivity contribution in [1.29, 1.82) is 0 Å². The molecule has 0 amide bonds. The SMILES string of the molecule is Clc1ccc(NCc2ccccc2Br)c(Cl)c1. The van der Waals surface area contributed by atoms with E-state index in [1.165, 1.54) is 5.56 Å². The summed E-state index contributed by atoms with van der Waals surface area (Å²) in [5.74, 6) is 0. The number of halogens is 3. The first-order valence-corrected chi connectivity index (χ1v) is 6.64. The largest absolute Gasteiger partial charge is 0.380 e. The second kappa shape index (κ2) is 5.76. The molecular weight excluding hydrogens is 321 g/mol. The summed E-state index contributed by atoms with van der Waals surface area (Å²) < 4.78 is 1.08. The van der Waals surface area contributed by atoms with Gasteiger partial charge in [-0.15, -0.1) is 0 Å². The monoisotopic (exact) mass is 329 g/mol. The van der Waals surface area contributed by atoms with Crippen LogP contribution in [0.15, 0.2) is 46.9 Å². The highest BCUT2D eigenvalue weighted by Crippen LogP contribution is 2.26. The Bertz CT molecular complexity index is 529. The van der Waals surface area contributed by atoms with Crippen molar-refractivity contribution in [3.63, 3.8) is 0 Å². The summed E-state index contributed by atoms with van der Waals surface area (Å²) in [6.45, 7) is 0.711. The lowest BCUT2D eigenvalue weighted by atomic mass is 10.2. The molecule has 1 nitrogen and oxygen atoms in total. The molecule has 0 saturated heterocycles. The summed E-state index contributed by atoms with van der Waals surface area (Å²) >= 11 is 15.4. The molecule has 0 aliphatic rings. The van der Waals surface area contributed by atoms with E-state index < -0.39 is 0 Å². The van der Waals surface area contributed by atoms with Gasteiger partial charge in [0.15, 0.2) is 0 Å². The van der Waals surface area contributed by atoms with Crippen LogP contribution in [0.4, 0.5) is 5.69 Å². The van der Waals surface area contributed by atoms with Gasteiger partial charge in [-0.25, -0.2) is 0 Å². The van der Waals surface area contributed by atoms with Crippen LogP contribution in [-0.4, -0.2) is 0 Å². The Balaban J connectivity index is 2.10. The summed E-state index contributed by atoms with van der Waals surface area (Å²) in [6.07, 6.45) is 0. The lowest BCUT2D eigenvalue weighted by Crippen LogP contribution is -2.00. The van der Waals surface area contributed by atoms with E-state index in [1.807, 2.05) is 30.3 Å². The van der Waals surface area contributed by atoms with Gasteiger partial charge in [-0.1, -0.05) is 57.3 Å². The van der Waals surface area contributed by atoms with E-state index in [0.717, 1.165) is 10.2 Å². The number of nitrogens with one attached hydrogen (secondary N) is 1. The molecule has 2 rings (SSSR count). The number of hydrogen-bond acceptors (Lipinski definition) is 1. The predicted octanol–water partition coefficient (Wildman–Crippen LogP) is 5.37. The van der Waals surface area contributed by atoms with Crippen LogP contribution in [0.3, 0.4) is 0 Å². The average Bonchev–Trinajstić information content (AvgIpc) is 2.30. The van der Waals surface area contributed by atoms with Crippen molar-refractivity contribution >= 4 is 44.8 Å². The molecule has 2 aromatic carbocycles. The summed E-state index contributed by atoms with van der Waals surface area (Å²) in [5, 5.41) is 4.55. The molecule has 1 N–H and O–H groups in total. The third-order valence-electron chi connectivity index (χ3n) is 2.36. The van der Waals surface area contributed by atoms with E-state index >= 15 is 0 Å². The van der Waals surface area contributed by atoms with Gasteiger partial charge in [0.1, 0.15) is 0 Å². The maximum atomic E-state index is 6.08. The van der Waals surface area contributed by atoms with Crippen LogP contribution >= 0.6 is 39.1 Å². The van der Waals surface area contributed by atoms with Gasteiger partial charge < -0.3 is 5.32 Å². The fourth-order valence-electron chi connectivity index (χ4n) is 1.47. The minimum atomic E-state index is 0.629. The van der Waals surface area contributed by atoms with Gasteiger partial charge in [0.2, 0.25) is 0 Å². The highest BCUT2D eigenvalue weighted by molar-refractivity contribution is 9.10. The highest BCUT2D eigenvalue weighted by atomic mass is 79.9. The Morgan fingerprint density at radius 3 is 2.53 bits per heavy atom. The maximum Gasteiger partial charge on any atom is 0.0652 e. The van der Waals surface area contributed by atoms with E-state index in [9.17, 15) is 0 Å². The number of benzene rings is 2. The first-order chi connectivity index (χ1) is 8.16. The lowest BCUT2D eigenvalue weighted by molar-refractivity contribution is 1.14. The number of hydrogen-bond donors (Lipinski definition) is 1. The molecule has 17 heavy (non-hydrogen) atoms. The predicted molar refractivity (Wildman–Crippen MR) is 77.9 cm³/mol. The zero-order chi connectivity index (χ0) is 12.3. The van der Waals surface area contributed by atoms with Crippen LogP contribution in [0, 0.1) is 0 Å². The molecule has 0 heterocycles. The smallest absolute Gasteiger partial charge is 0.0652 e. The highest BCUT2D eigenvalue weighted by Gasteiger charge is 2.02. The van der Waals surface area contributed by atoms with Crippen molar-refractivity contribution in [2.45, 2.75) is 6.54 Å². The molecule has 0 spiro atoms. The molecule has 2 aromatic rings. The first kappa shape index (κ1) is 12.7. The zero-order valence-electron chi connectivity index (χ0n) is 8.88. The van der Waals surface area contributed by atoms with Gasteiger partial charge in [0, 0.05) is 16.0 Å². The summed E-state index contributed by atoms with van der Waals surface area (Å²) in [6, 6.07) is 13.5. The molecule has 4 heteroatoms. The summed E-state index contributed by atoms with van der Waals surface area (Å²) in [4.78, 5) is 0. The Kier molecular flexibility index (Phi) is 4.32. The topological polar surface area (TPSA) is 12.0 Å². The Morgan fingerprint density at radius 1 is 1.06 bits per heavy atom. The zero-order valence-corrected chi connectivity index (χ0v) is 12.0. The second-order valence-corrected chi connectivity index (χ2v) is 5.27. The molecule has 0 aliphatic carbocycles. The van der Waals surface area contributed by atoms with Crippen molar-refractivity contribution in [3.05, 3.63) is 62.5 Å². The molecule has 0 saturated carbocycles. The van der Waals surface area contributed by atoms with E-state index in [2.05, 4.69) is 27.3 Å². The Hall–Kier alpha value is -0.700. The van der Waals surface area contributed by atoms with E-state index in [0.29, 0.717) is 16.6 Å². The van der Waals surface area contributed by atoms with Gasteiger partial charge in [-0.2, -0.15) is 0 Å². The summed E-state index contributed by atoms with van der Waals surface area (Å²) in [7, 11) is 0. The number of anilines is 1. The van der Waals surface area contributed by atoms with Crippen molar-refractivity contribution in [1.82, 2.24) is 0 Å². The van der Waals surface area contributed by atoms with E-state index in [1.54, 1.807) is 6.07 Å². The molecule has 0 atom stereocenters. The van der Waals surface area contributed by atoms with Crippen LogP contribution in [0.2, 0.25) is 10.0 Å². The van der Waals surface area contributed by atoms with E-state index in [4.69, 9.17) is 23.2 Å². The molecule has 0 radical (unpaired) electrons. The molecule has 0 aromatic heterocycles. The van der Waals surface area contributed by atoms with Crippen molar-refractivity contribution in [2.75, 3.05) is 5.32 Å². The van der Waals surface area contributed by atoms with Gasteiger partial charge in [0.05, 0.1) is 10.7 Å². The normalized spacial score (nSPS) is 10.3. The van der Waals surface area contributed by atoms with Crippen LogP contribution < -0.4 is 5.32 Å². The lowest BCUT2D eigenvalue weighted by Gasteiger charge is -2.09. The standard InChI is InChI=1S/C13H10BrCl2N/c14-11-4-2-1-3-9(11)8-17-13-6-5-10(15)7-12(13)16/h1-7,17H,8H2. The first-order valence-electron chi connectivity index (χ1n) is 5.09. The van der Waals surface area contributed by atoms with E-state index in [-0.39, 0.29) is 0 Å². The molecule has 0 unspecified atom stereocenters. The quantitative estimate of drug-likeness (QED) is 0.797. The van der Waals surface area contributed by atoms with Crippen molar-refractivity contribution in [2.24, 2.45) is 0 Å². The third-order valence-corrected chi connectivity index (χ3v) is 3.68. The molecule has 0 aliphatic heterocycles. The average molecular weight is 331 g/mol. The van der Waals surface area contributed by atoms with Crippen LogP contribution in [0.5, 0.6) is 0 Å². The number of rotatable bonds is 3. The fraction of sp³-hybridized carbons (Fsp3) is 0.0769. The molecule has 0 fully saturated rings. The van der Waals surface area contributed by atoms with Crippen molar-refractivity contribution in [3.8, 4) is 0 Å². The second-order valence-electron chi connectivity index (χ2n) is 3.57. The minimum absolute atomic E-state index is 0.629. The van der Waals surface area contributed by atoms with Gasteiger partial charge in [0.25, 0.3) is 0 Å². The van der Waals surface area contributed by atoms with Crippen molar-refractivity contribution < 1.29 is 0 Å². The maximum absolute atomic E-state index is 6.08. The molecule has 0 bridgehead atoms. The van der Waals surface area contributed by atoms with Gasteiger partial charge in [-0.05, 0) is 29.8 Å². The van der Waals surface area contributed by atoms with Crippen LogP contribution in [0.25, 0.3) is 0 Å². The minimum Gasteiger partial charge on any atom is -0.380 e. The Morgan fingerprint density at radius 2 is 1.82 bits per heavy atom. The summed E-state index contributed by atoms with van der Waals surface area (Å²) in [5.41, 5.74) is 2.06. The van der Waals surface area contributed by atoms with Crippen LogP contribution in [-0.2, 0) is 6.54 Å².